The number of rotatable bonds is 12. The zero-order valence-electron chi connectivity index (χ0n) is 13.8. The van der Waals surface area contributed by atoms with Gasteiger partial charge in [-0.15, -0.1) is 0 Å². The van der Waals surface area contributed by atoms with Crippen molar-refractivity contribution in [2.24, 2.45) is 17.8 Å². The molecular weight excluding hydrogens is 216 g/mol. The molecule has 0 aromatic heterocycles. The summed E-state index contributed by atoms with van der Waals surface area (Å²) in [4.78, 5) is 0. The van der Waals surface area contributed by atoms with E-state index in [1.807, 2.05) is 0 Å². The zero-order valence-corrected chi connectivity index (χ0v) is 13.8. The fraction of sp³-hybridized carbons (Fsp3) is 1.00. The van der Waals surface area contributed by atoms with Gasteiger partial charge >= 0.3 is 0 Å². The minimum absolute atomic E-state index is 0.943. The highest BCUT2D eigenvalue weighted by molar-refractivity contribution is 4.61. The van der Waals surface area contributed by atoms with E-state index in [4.69, 9.17) is 0 Å². The molecule has 0 saturated carbocycles. The van der Waals surface area contributed by atoms with Gasteiger partial charge < -0.3 is 0 Å². The van der Waals surface area contributed by atoms with Crippen LogP contribution < -0.4 is 0 Å². The Morgan fingerprint density at radius 3 is 1.56 bits per heavy atom. The Kier molecular flexibility index (Phi) is 12.1. The van der Waals surface area contributed by atoms with E-state index in [2.05, 4.69) is 34.6 Å². The fourth-order valence-corrected chi connectivity index (χ4v) is 3.10. The van der Waals surface area contributed by atoms with Crippen LogP contribution in [0, 0.1) is 17.8 Å². The lowest BCUT2D eigenvalue weighted by Crippen LogP contribution is -2.04. The summed E-state index contributed by atoms with van der Waals surface area (Å²) < 4.78 is 0. The molecule has 0 nitrogen and oxygen atoms in total. The molecule has 0 N–H and O–H groups in total. The van der Waals surface area contributed by atoms with E-state index in [9.17, 15) is 0 Å². The summed E-state index contributed by atoms with van der Waals surface area (Å²) in [5, 5.41) is 0. The minimum atomic E-state index is 0.943. The molecule has 0 aromatic rings. The van der Waals surface area contributed by atoms with Crippen molar-refractivity contribution in [3.05, 3.63) is 0 Å². The van der Waals surface area contributed by atoms with Crippen LogP contribution in [0.25, 0.3) is 0 Å². The molecule has 0 saturated heterocycles. The van der Waals surface area contributed by atoms with E-state index in [0.717, 1.165) is 17.8 Å². The van der Waals surface area contributed by atoms with E-state index in [-0.39, 0.29) is 0 Å². The van der Waals surface area contributed by atoms with E-state index < -0.39 is 0 Å². The van der Waals surface area contributed by atoms with Gasteiger partial charge in [0.25, 0.3) is 0 Å². The molecule has 0 bridgehead atoms. The zero-order chi connectivity index (χ0) is 13.8. The Labute approximate surface area is 117 Å². The smallest absolute Gasteiger partial charge is 0.0440 e. The first kappa shape index (κ1) is 18.0. The van der Waals surface area contributed by atoms with Crippen LogP contribution in [0.1, 0.15) is 98.8 Å². The molecule has 0 heteroatoms. The average molecular weight is 255 g/mol. The van der Waals surface area contributed by atoms with Gasteiger partial charge in [0.15, 0.2) is 0 Å². The molecule has 0 amide bonds. The molecule has 0 heterocycles. The van der Waals surface area contributed by atoms with Gasteiger partial charge in [-0.3, -0.25) is 0 Å². The normalized spacial score (nSPS) is 16.5. The van der Waals surface area contributed by atoms with Crippen LogP contribution in [-0.4, -0.2) is 0 Å². The summed E-state index contributed by atoms with van der Waals surface area (Å²) in [7, 11) is 0. The Balaban J connectivity index is 3.43. The number of unbranched alkanes of at least 4 members (excludes halogenated alkanes) is 2. The standard InChI is InChI=1S/C18H38/c1-6-8-12-17(4)15-18(5)14-10-9-13-16(3)11-7-2/h16-18H,6-15H2,1-5H3. The Morgan fingerprint density at radius 1 is 0.556 bits per heavy atom. The quantitative estimate of drug-likeness (QED) is 0.335. The van der Waals surface area contributed by atoms with Crippen molar-refractivity contribution in [3.8, 4) is 0 Å². The predicted octanol–water partition coefficient (Wildman–Crippen LogP) is 6.84. The highest BCUT2D eigenvalue weighted by atomic mass is 14.1. The maximum absolute atomic E-state index is 2.46. The molecule has 3 unspecified atom stereocenters. The summed E-state index contributed by atoms with van der Waals surface area (Å²) in [5.74, 6) is 2.84. The fourth-order valence-electron chi connectivity index (χ4n) is 3.10. The van der Waals surface area contributed by atoms with Gasteiger partial charge in [0.1, 0.15) is 0 Å². The molecule has 0 aliphatic heterocycles. The van der Waals surface area contributed by atoms with Crippen molar-refractivity contribution in [2.75, 3.05) is 0 Å². The lowest BCUT2D eigenvalue weighted by molar-refractivity contribution is 0.354. The van der Waals surface area contributed by atoms with Crippen molar-refractivity contribution < 1.29 is 0 Å². The first-order valence-electron chi connectivity index (χ1n) is 8.60. The van der Waals surface area contributed by atoms with Gasteiger partial charge in [-0.2, -0.15) is 0 Å². The highest BCUT2D eigenvalue weighted by Gasteiger charge is 2.08. The second-order valence-corrected chi connectivity index (χ2v) is 6.77. The highest BCUT2D eigenvalue weighted by Crippen LogP contribution is 2.23. The van der Waals surface area contributed by atoms with Gasteiger partial charge in [0.05, 0.1) is 0 Å². The van der Waals surface area contributed by atoms with Crippen molar-refractivity contribution >= 4 is 0 Å². The van der Waals surface area contributed by atoms with Crippen LogP contribution in [0.5, 0.6) is 0 Å². The van der Waals surface area contributed by atoms with E-state index in [0.29, 0.717) is 0 Å². The van der Waals surface area contributed by atoms with Gasteiger partial charge in [-0.05, 0) is 24.2 Å². The van der Waals surface area contributed by atoms with E-state index >= 15 is 0 Å². The van der Waals surface area contributed by atoms with Crippen molar-refractivity contribution in [1.29, 1.82) is 0 Å². The third-order valence-corrected chi connectivity index (χ3v) is 4.28. The number of hydrogen-bond acceptors (Lipinski definition) is 0. The summed E-state index contributed by atoms with van der Waals surface area (Å²) in [6, 6.07) is 0. The Morgan fingerprint density at radius 2 is 1.06 bits per heavy atom. The van der Waals surface area contributed by atoms with Gasteiger partial charge in [-0.1, -0.05) is 92.4 Å². The van der Waals surface area contributed by atoms with Crippen LogP contribution in [0.15, 0.2) is 0 Å². The molecule has 0 aliphatic carbocycles. The lowest BCUT2D eigenvalue weighted by atomic mass is 9.89. The predicted molar refractivity (Wildman–Crippen MR) is 85.0 cm³/mol. The number of hydrogen-bond donors (Lipinski definition) is 0. The molecule has 0 aromatic carbocycles. The first-order chi connectivity index (χ1) is 8.60. The topological polar surface area (TPSA) is 0 Å². The molecule has 0 radical (unpaired) electrons. The Hall–Kier alpha value is 0. The largest absolute Gasteiger partial charge is 0.0654 e. The summed E-state index contributed by atoms with van der Waals surface area (Å²) in [6.45, 7) is 11.9. The summed E-state index contributed by atoms with van der Waals surface area (Å²) in [5.41, 5.74) is 0. The average Bonchev–Trinajstić information content (AvgIpc) is 2.32. The molecule has 110 valence electrons. The lowest BCUT2D eigenvalue weighted by Gasteiger charge is -2.17. The third-order valence-electron chi connectivity index (χ3n) is 4.28. The third kappa shape index (κ3) is 11.1. The molecule has 0 aliphatic rings. The maximum Gasteiger partial charge on any atom is -0.0440 e. The Bertz CT molecular complexity index is 161. The van der Waals surface area contributed by atoms with Gasteiger partial charge in [0, 0.05) is 0 Å². The van der Waals surface area contributed by atoms with E-state index in [1.54, 1.807) is 0 Å². The summed E-state index contributed by atoms with van der Waals surface area (Å²) >= 11 is 0. The first-order valence-corrected chi connectivity index (χ1v) is 8.60. The van der Waals surface area contributed by atoms with E-state index in [1.165, 1.54) is 64.2 Å². The van der Waals surface area contributed by atoms with Crippen LogP contribution in [0.4, 0.5) is 0 Å². The monoisotopic (exact) mass is 254 g/mol. The van der Waals surface area contributed by atoms with Crippen LogP contribution in [0.2, 0.25) is 0 Å². The molecule has 18 heavy (non-hydrogen) atoms. The van der Waals surface area contributed by atoms with Crippen molar-refractivity contribution in [1.82, 2.24) is 0 Å². The van der Waals surface area contributed by atoms with Gasteiger partial charge in [0.2, 0.25) is 0 Å². The second kappa shape index (κ2) is 12.1. The summed E-state index contributed by atoms with van der Waals surface area (Å²) in [6.07, 6.45) is 14.2. The molecule has 0 rings (SSSR count). The second-order valence-electron chi connectivity index (χ2n) is 6.77. The minimum Gasteiger partial charge on any atom is -0.0654 e. The molecule has 3 atom stereocenters. The van der Waals surface area contributed by atoms with Crippen LogP contribution in [-0.2, 0) is 0 Å². The van der Waals surface area contributed by atoms with Crippen molar-refractivity contribution in [2.45, 2.75) is 98.8 Å². The molecule has 0 fully saturated rings. The maximum atomic E-state index is 2.46. The van der Waals surface area contributed by atoms with Gasteiger partial charge in [-0.25, -0.2) is 0 Å². The van der Waals surface area contributed by atoms with Crippen LogP contribution in [0.3, 0.4) is 0 Å². The van der Waals surface area contributed by atoms with Crippen molar-refractivity contribution in [3.63, 3.8) is 0 Å². The SMILES string of the molecule is CCCCC(C)CC(C)CCCCC(C)CCC. The molecule has 0 spiro atoms. The van der Waals surface area contributed by atoms with Crippen LogP contribution >= 0.6 is 0 Å². The molecular formula is C18H38.